The third-order valence-electron chi connectivity index (χ3n) is 5.64. The smallest absolute Gasteiger partial charge is 0.282 e. The molecule has 2 aromatic carbocycles. The largest absolute Gasteiger partial charge is 0.332 e. The van der Waals surface area contributed by atoms with Gasteiger partial charge in [-0.1, -0.05) is 50.6 Å². The second-order valence-electron chi connectivity index (χ2n) is 8.93. The number of nitrogens with zero attached hydrogens (tertiary/aromatic N) is 2. The van der Waals surface area contributed by atoms with E-state index >= 15 is 0 Å². The van der Waals surface area contributed by atoms with Crippen LogP contribution in [0.1, 0.15) is 55.5 Å². The van der Waals surface area contributed by atoms with Crippen LogP contribution in [0.4, 0.5) is 10.5 Å². The third kappa shape index (κ3) is 3.56. The summed E-state index contributed by atoms with van der Waals surface area (Å²) in [5, 5.41) is 0. The molecular weight excluding hydrogens is 348 g/mol. The molecule has 2 aromatic rings. The van der Waals surface area contributed by atoms with E-state index in [1.54, 1.807) is 11.8 Å². The van der Waals surface area contributed by atoms with Gasteiger partial charge < -0.3 is 0 Å². The van der Waals surface area contributed by atoms with E-state index in [4.69, 9.17) is 0 Å². The summed E-state index contributed by atoms with van der Waals surface area (Å²) in [4.78, 5) is 29.0. The van der Waals surface area contributed by atoms with Crippen LogP contribution < -0.4 is 4.90 Å². The van der Waals surface area contributed by atoms with E-state index in [0.717, 1.165) is 27.9 Å². The fourth-order valence-electron chi connectivity index (χ4n) is 3.74. The van der Waals surface area contributed by atoms with Crippen molar-refractivity contribution in [2.75, 3.05) is 4.90 Å². The molecule has 1 aliphatic heterocycles. The van der Waals surface area contributed by atoms with Gasteiger partial charge in [0.15, 0.2) is 0 Å². The number of urea groups is 1. The van der Waals surface area contributed by atoms with Crippen molar-refractivity contribution in [1.82, 2.24) is 4.90 Å². The summed E-state index contributed by atoms with van der Waals surface area (Å²) in [5.41, 5.74) is 6.49. The first-order valence-corrected chi connectivity index (χ1v) is 9.82. The molecule has 3 amide bonds. The lowest BCUT2D eigenvalue weighted by molar-refractivity contribution is -0.127. The number of carbonyl (C=O) groups excluding carboxylic acids is 2. The van der Waals surface area contributed by atoms with Crippen molar-refractivity contribution < 1.29 is 9.59 Å². The summed E-state index contributed by atoms with van der Waals surface area (Å²) in [6, 6.07) is 11.3. The molecule has 4 heteroatoms. The lowest BCUT2D eigenvalue weighted by atomic mass is 9.84. The zero-order valence-corrected chi connectivity index (χ0v) is 18.0. The second-order valence-corrected chi connectivity index (χ2v) is 8.93. The maximum atomic E-state index is 13.1. The fraction of sp³-hybridized carbons (Fsp3) is 0.417. The Morgan fingerprint density at radius 3 is 1.96 bits per heavy atom. The van der Waals surface area contributed by atoms with Crippen molar-refractivity contribution in [2.24, 2.45) is 0 Å². The zero-order chi connectivity index (χ0) is 20.8. The Labute approximate surface area is 168 Å². The second kappa shape index (κ2) is 7.08. The van der Waals surface area contributed by atoms with Gasteiger partial charge in [0.25, 0.3) is 5.91 Å². The molecule has 1 aliphatic rings. The van der Waals surface area contributed by atoms with Gasteiger partial charge in [-0.3, -0.25) is 14.6 Å². The highest BCUT2D eigenvalue weighted by atomic mass is 16.2. The predicted molar refractivity (Wildman–Crippen MR) is 114 cm³/mol. The topological polar surface area (TPSA) is 40.6 Å². The summed E-state index contributed by atoms with van der Waals surface area (Å²) in [7, 11) is 0. The number of amides is 3. The molecule has 1 heterocycles. The third-order valence-corrected chi connectivity index (χ3v) is 5.64. The number of hydrogen-bond donors (Lipinski definition) is 0. The number of hydrogen-bond acceptors (Lipinski definition) is 2. The maximum absolute atomic E-state index is 13.1. The highest BCUT2D eigenvalue weighted by Gasteiger charge is 2.43. The average Bonchev–Trinajstić information content (AvgIpc) is 2.81. The molecule has 0 bridgehead atoms. The molecular formula is C24H30N2O2. The predicted octanol–water partition coefficient (Wildman–Crippen LogP) is 5.27. The quantitative estimate of drug-likeness (QED) is 0.683. The molecule has 0 saturated carbocycles. The van der Waals surface area contributed by atoms with Crippen LogP contribution in [0.3, 0.4) is 0 Å². The average molecular weight is 379 g/mol. The van der Waals surface area contributed by atoms with Crippen molar-refractivity contribution in [2.45, 2.75) is 66.5 Å². The van der Waals surface area contributed by atoms with Crippen LogP contribution in [0.2, 0.25) is 0 Å². The monoisotopic (exact) mass is 378 g/mol. The number of imide groups is 1. The van der Waals surface area contributed by atoms with Crippen LogP contribution in [0.5, 0.6) is 0 Å². The van der Waals surface area contributed by atoms with Gasteiger partial charge in [-0.25, -0.2) is 4.79 Å². The lowest BCUT2D eigenvalue weighted by Crippen LogP contribution is -2.33. The highest BCUT2D eigenvalue weighted by molar-refractivity contribution is 6.14. The van der Waals surface area contributed by atoms with E-state index in [0.29, 0.717) is 6.54 Å². The first-order valence-electron chi connectivity index (χ1n) is 9.82. The SMILES string of the molecule is Cc1ccc(N2C(=O)N(Cc3c(C)cc(C(C)(C)C)cc3C)C(=O)[C@@H]2C)cc1. The molecule has 0 radical (unpaired) electrons. The zero-order valence-electron chi connectivity index (χ0n) is 18.0. The standard InChI is InChI=1S/C24H30N2O2/c1-15-8-10-20(11-9-15)26-18(4)22(27)25(23(26)28)14-21-16(2)12-19(13-17(21)3)24(5,6)7/h8-13,18H,14H2,1-7H3/t18-/m0/s1. The Bertz CT molecular complexity index is 900. The van der Waals surface area contributed by atoms with Gasteiger partial charge in [-0.2, -0.15) is 0 Å². The van der Waals surface area contributed by atoms with Crippen LogP contribution >= 0.6 is 0 Å². The first-order chi connectivity index (χ1) is 13.0. The maximum Gasteiger partial charge on any atom is 0.332 e. The normalized spacial score (nSPS) is 17.6. The minimum absolute atomic E-state index is 0.0596. The van der Waals surface area contributed by atoms with Crippen LogP contribution in [-0.4, -0.2) is 22.9 Å². The molecule has 1 atom stereocenters. The number of carbonyl (C=O) groups is 2. The Balaban J connectivity index is 1.92. The first kappa shape index (κ1) is 20.1. The number of rotatable bonds is 3. The van der Waals surface area contributed by atoms with Crippen molar-refractivity contribution in [3.05, 3.63) is 64.2 Å². The summed E-state index contributed by atoms with van der Waals surface area (Å²) in [6.07, 6.45) is 0. The van der Waals surface area contributed by atoms with Crippen LogP contribution in [0.15, 0.2) is 36.4 Å². The van der Waals surface area contributed by atoms with Crippen LogP contribution in [-0.2, 0) is 16.8 Å². The molecule has 3 rings (SSSR count). The van der Waals surface area contributed by atoms with E-state index in [9.17, 15) is 9.59 Å². The Hall–Kier alpha value is -2.62. The summed E-state index contributed by atoms with van der Waals surface area (Å²) in [5.74, 6) is -0.149. The summed E-state index contributed by atoms with van der Waals surface area (Å²) >= 11 is 0. The van der Waals surface area contributed by atoms with E-state index in [-0.39, 0.29) is 17.4 Å². The highest BCUT2D eigenvalue weighted by Crippen LogP contribution is 2.31. The lowest BCUT2D eigenvalue weighted by Gasteiger charge is -2.24. The summed E-state index contributed by atoms with van der Waals surface area (Å²) in [6.45, 7) is 14.8. The van der Waals surface area contributed by atoms with Gasteiger partial charge in [-0.15, -0.1) is 0 Å². The van der Waals surface area contributed by atoms with E-state index in [1.165, 1.54) is 10.5 Å². The molecule has 4 nitrogen and oxygen atoms in total. The number of anilines is 1. The van der Waals surface area contributed by atoms with Crippen molar-refractivity contribution in [1.29, 1.82) is 0 Å². The molecule has 0 aliphatic carbocycles. The Kier molecular flexibility index (Phi) is 5.09. The van der Waals surface area contributed by atoms with Gasteiger partial charge in [0.1, 0.15) is 6.04 Å². The minimum atomic E-state index is -0.496. The van der Waals surface area contributed by atoms with Gasteiger partial charge in [-0.05, 0) is 67.5 Å². The van der Waals surface area contributed by atoms with Crippen molar-refractivity contribution in [3.63, 3.8) is 0 Å². The molecule has 28 heavy (non-hydrogen) atoms. The van der Waals surface area contributed by atoms with Gasteiger partial charge in [0, 0.05) is 5.69 Å². The van der Waals surface area contributed by atoms with Gasteiger partial charge in [0.05, 0.1) is 6.54 Å². The van der Waals surface area contributed by atoms with Gasteiger partial charge >= 0.3 is 6.03 Å². The van der Waals surface area contributed by atoms with Crippen molar-refractivity contribution >= 4 is 17.6 Å². The molecule has 0 aromatic heterocycles. The molecule has 0 N–H and O–H groups in total. The van der Waals surface area contributed by atoms with E-state index in [1.807, 2.05) is 31.2 Å². The fourth-order valence-corrected chi connectivity index (χ4v) is 3.74. The molecule has 148 valence electrons. The molecule has 1 fully saturated rings. The molecule has 1 saturated heterocycles. The molecule has 0 unspecified atom stereocenters. The Morgan fingerprint density at radius 1 is 0.929 bits per heavy atom. The van der Waals surface area contributed by atoms with Gasteiger partial charge in [0.2, 0.25) is 0 Å². The Morgan fingerprint density at radius 2 is 1.46 bits per heavy atom. The van der Waals surface area contributed by atoms with E-state index in [2.05, 4.69) is 46.8 Å². The minimum Gasteiger partial charge on any atom is -0.282 e. The molecule has 0 spiro atoms. The summed E-state index contributed by atoms with van der Waals surface area (Å²) < 4.78 is 0. The van der Waals surface area contributed by atoms with E-state index < -0.39 is 6.04 Å². The van der Waals surface area contributed by atoms with Crippen molar-refractivity contribution in [3.8, 4) is 0 Å². The van der Waals surface area contributed by atoms with Crippen LogP contribution in [0.25, 0.3) is 0 Å². The number of aryl methyl sites for hydroxylation is 3. The van der Waals surface area contributed by atoms with Crippen LogP contribution in [0, 0.1) is 20.8 Å². The number of benzene rings is 2.